The monoisotopic (exact) mass is 508 g/mol. The van der Waals surface area contributed by atoms with Crippen LogP contribution in [0.3, 0.4) is 0 Å². The highest BCUT2D eigenvalue weighted by Gasteiger charge is 2.14. The molecule has 1 N–H and O–H groups in total. The molecule has 8 heteroatoms. The second kappa shape index (κ2) is 9.92. The Hall–Kier alpha value is -2.07. The van der Waals surface area contributed by atoms with Crippen LogP contribution in [0.25, 0.3) is 0 Å². The summed E-state index contributed by atoms with van der Waals surface area (Å²) in [4.78, 5) is 12.2. The Morgan fingerprint density at radius 2 is 2.00 bits per heavy atom. The highest BCUT2D eigenvalue weighted by molar-refractivity contribution is 14.1. The second-order valence-electron chi connectivity index (χ2n) is 6.09. The summed E-state index contributed by atoms with van der Waals surface area (Å²) in [5.74, 6) is 1.73. The molecule has 1 amide bonds. The van der Waals surface area contributed by atoms with Crippen molar-refractivity contribution >= 4 is 45.9 Å². The molecule has 0 aliphatic carbocycles. The van der Waals surface area contributed by atoms with Crippen LogP contribution in [0.15, 0.2) is 53.7 Å². The fraction of sp³-hybridized carbons (Fsp3) is 0.250. The van der Waals surface area contributed by atoms with E-state index in [0.717, 1.165) is 26.4 Å². The van der Waals surface area contributed by atoms with E-state index in [2.05, 4.69) is 38.1 Å². The molecule has 0 atom stereocenters. The molecular formula is C20H21IN4O2S. The fourth-order valence-corrected chi connectivity index (χ4v) is 3.74. The summed E-state index contributed by atoms with van der Waals surface area (Å²) in [6, 6.07) is 15.6. The summed E-state index contributed by atoms with van der Waals surface area (Å²) < 4.78 is 8.93. The fourth-order valence-electron chi connectivity index (χ4n) is 2.56. The van der Waals surface area contributed by atoms with E-state index < -0.39 is 0 Å². The van der Waals surface area contributed by atoms with Gasteiger partial charge >= 0.3 is 0 Å². The summed E-state index contributed by atoms with van der Waals surface area (Å²) in [6.45, 7) is 5.09. The first-order valence-electron chi connectivity index (χ1n) is 8.85. The highest BCUT2D eigenvalue weighted by Crippen LogP contribution is 2.20. The zero-order chi connectivity index (χ0) is 19.9. The number of aromatic nitrogens is 3. The number of halogens is 1. The average Bonchev–Trinajstić information content (AvgIpc) is 3.08. The first kappa shape index (κ1) is 20.7. The predicted octanol–water partition coefficient (Wildman–Crippen LogP) is 4.52. The van der Waals surface area contributed by atoms with Gasteiger partial charge in [0.2, 0.25) is 5.91 Å². The van der Waals surface area contributed by atoms with E-state index >= 15 is 0 Å². The summed E-state index contributed by atoms with van der Waals surface area (Å²) in [6.07, 6.45) is 0. The summed E-state index contributed by atoms with van der Waals surface area (Å²) >= 11 is 3.60. The molecule has 0 spiro atoms. The van der Waals surface area contributed by atoms with Crippen molar-refractivity contribution in [2.24, 2.45) is 0 Å². The normalized spacial score (nSPS) is 10.7. The molecule has 0 saturated carbocycles. The largest absolute Gasteiger partial charge is 0.486 e. The smallest absolute Gasteiger partial charge is 0.234 e. The van der Waals surface area contributed by atoms with Gasteiger partial charge in [0, 0.05) is 15.8 Å². The third-order valence-electron chi connectivity index (χ3n) is 3.93. The SMILES string of the molecule is CCn1c(COc2cccc(C)c2)nnc1SCC(=O)Nc1ccc(I)cc1. The van der Waals surface area contributed by atoms with Crippen LogP contribution in [0.1, 0.15) is 18.3 Å². The van der Waals surface area contributed by atoms with Gasteiger partial charge in [-0.05, 0) is 78.4 Å². The third-order valence-corrected chi connectivity index (χ3v) is 5.61. The highest BCUT2D eigenvalue weighted by atomic mass is 127. The number of aryl methyl sites for hydroxylation is 1. The molecule has 0 saturated heterocycles. The Kier molecular flexibility index (Phi) is 7.32. The van der Waals surface area contributed by atoms with Gasteiger partial charge in [-0.15, -0.1) is 10.2 Å². The molecule has 146 valence electrons. The van der Waals surface area contributed by atoms with Crippen molar-refractivity contribution < 1.29 is 9.53 Å². The lowest BCUT2D eigenvalue weighted by atomic mass is 10.2. The van der Waals surface area contributed by atoms with Crippen LogP contribution in [-0.4, -0.2) is 26.4 Å². The van der Waals surface area contributed by atoms with Crippen molar-refractivity contribution in [2.75, 3.05) is 11.1 Å². The molecule has 28 heavy (non-hydrogen) atoms. The average molecular weight is 508 g/mol. The lowest BCUT2D eigenvalue weighted by Gasteiger charge is -2.09. The zero-order valence-electron chi connectivity index (χ0n) is 15.7. The predicted molar refractivity (Wildman–Crippen MR) is 120 cm³/mol. The maximum Gasteiger partial charge on any atom is 0.234 e. The van der Waals surface area contributed by atoms with Gasteiger partial charge in [0.05, 0.1) is 5.75 Å². The van der Waals surface area contributed by atoms with E-state index in [4.69, 9.17) is 4.74 Å². The number of nitrogens with zero attached hydrogens (tertiary/aromatic N) is 3. The molecular weight excluding hydrogens is 487 g/mol. The van der Waals surface area contributed by atoms with E-state index in [9.17, 15) is 4.79 Å². The lowest BCUT2D eigenvalue weighted by Crippen LogP contribution is -2.15. The number of carbonyl (C=O) groups excluding carboxylic acids is 1. The van der Waals surface area contributed by atoms with E-state index in [1.54, 1.807) is 0 Å². The Morgan fingerprint density at radius 1 is 1.21 bits per heavy atom. The van der Waals surface area contributed by atoms with Gasteiger partial charge in [-0.3, -0.25) is 4.79 Å². The van der Waals surface area contributed by atoms with E-state index in [-0.39, 0.29) is 11.7 Å². The molecule has 2 aromatic carbocycles. The van der Waals surface area contributed by atoms with Crippen LogP contribution in [0.4, 0.5) is 5.69 Å². The molecule has 0 aliphatic heterocycles. The number of carbonyl (C=O) groups is 1. The van der Waals surface area contributed by atoms with Crippen LogP contribution in [0, 0.1) is 10.5 Å². The number of nitrogens with one attached hydrogen (secondary N) is 1. The van der Waals surface area contributed by atoms with E-state index in [1.807, 2.05) is 66.9 Å². The van der Waals surface area contributed by atoms with Crippen LogP contribution >= 0.6 is 34.4 Å². The summed E-state index contributed by atoms with van der Waals surface area (Å²) in [7, 11) is 0. The lowest BCUT2D eigenvalue weighted by molar-refractivity contribution is -0.113. The Bertz CT molecular complexity index is 944. The molecule has 1 heterocycles. The van der Waals surface area contributed by atoms with Gasteiger partial charge in [0.1, 0.15) is 12.4 Å². The quantitative estimate of drug-likeness (QED) is 0.358. The molecule has 0 bridgehead atoms. The minimum Gasteiger partial charge on any atom is -0.486 e. The van der Waals surface area contributed by atoms with Gasteiger partial charge in [-0.1, -0.05) is 23.9 Å². The minimum atomic E-state index is -0.0746. The Morgan fingerprint density at radius 3 is 2.71 bits per heavy atom. The molecule has 3 rings (SSSR count). The first-order chi connectivity index (χ1) is 13.5. The second-order valence-corrected chi connectivity index (χ2v) is 8.28. The van der Waals surface area contributed by atoms with Crippen molar-refractivity contribution in [1.29, 1.82) is 0 Å². The van der Waals surface area contributed by atoms with Crippen LogP contribution in [0.5, 0.6) is 5.75 Å². The molecule has 0 unspecified atom stereocenters. The zero-order valence-corrected chi connectivity index (χ0v) is 18.7. The van der Waals surface area contributed by atoms with Crippen molar-refractivity contribution in [2.45, 2.75) is 32.2 Å². The van der Waals surface area contributed by atoms with E-state index in [1.165, 1.54) is 11.8 Å². The number of thioether (sulfide) groups is 1. The van der Waals surface area contributed by atoms with Gasteiger partial charge in [0.25, 0.3) is 0 Å². The maximum absolute atomic E-state index is 12.2. The first-order valence-corrected chi connectivity index (χ1v) is 10.9. The number of hydrogen-bond donors (Lipinski definition) is 1. The van der Waals surface area contributed by atoms with E-state index in [0.29, 0.717) is 18.3 Å². The van der Waals surface area contributed by atoms with Crippen LogP contribution in [0.2, 0.25) is 0 Å². The number of rotatable bonds is 8. The van der Waals surface area contributed by atoms with Gasteiger partial charge < -0.3 is 14.6 Å². The topological polar surface area (TPSA) is 69.0 Å². The third kappa shape index (κ3) is 5.71. The molecule has 6 nitrogen and oxygen atoms in total. The number of amides is 1. The standard InChI is InChI=1S/C20H21IN4O2S/c1-3-25-18(12-27-17-6-4-5-14(2)11-17)23-24-20(25)28-13-19(26)22-16-9-7-15(21)8-10-16/h4-11H,3,12-13H2,1-2H3,(H,22,26). The molecule has 0 fully saturated rings. The van der Waals surface area contributed by atoms with Crippen LogP contribution < -0.4 is 10.1 Å². The van der Waals surface area contributed by atoms with Crippen molar-refractivity contribution in [1.82, 2.24) is 14.8 Å². The van der Waals surface area contributed by atoms with Gasteiger partial charge in [-0.25, -0.2) is 0 Å². The Balaban J connectivity index is 1.57. The number of benzene rings is 2. The van der Waals surface area contributed by atoms with Crippen molar-refractivity contribution in [3.05, 3.63) is 63.5 Å². The van der Waals surface area contributed by atoms with Crippen molar-refractivity contribution in [3.8, 4) is 5.75 Å². The van der Waals surface area contributed by atoms with Crippen LogP contribution in [-0.2, 0) is 17.9 Å². The Labute approximate surface area is 182 Å². The molecule has 0 radical (unpaired) electrons. The maximum atomic E-state index is 12.2. The summed E-state index contributed by atoms with van der Waals surface area (Å²) in [5, 5.41) is 12.1. The number of anilines is 1. The summed E-state index contributed by atoms with van der Waals surface area (Å²) in [5.41, 5.74) is 1.93. The number of ether oxygens (including phenoxy) is 1. The molecule has 0 aliphatic rings. The van der Waals surface area contributed by atoms with Gasteiger partial charge in [-0.2, -0.15) is 0 Å². The van der Waals surface area contributed by atoms with Crippen molar-refractivity contribution in [3.63, 3.8) is 0 Å². The number of hydrogen-bond acceptors (Lipinski definition) is 5. The minimum absolute atomic E-state index is 0.0746. The molecule has 3 aromatic rings. The molecule has 1 aromatic heterocycles. The van der Waals surface area contributed by atoms with Gasteiger partial charge in [0.15, 0.2) is 11.0 Å².